The minimum absolute atomic E-state index is 0.531. The highest BCUT2D eigenvalue weighted by Crippen LogP contribution is 2.19. The third-order valence-electron chi connectivity index (χ3n) is 2.62. The fraction of sp³-hybridized carbons (Fsp3) is 0.545. The van der Waals surface area contributed by atoms with Gasteiger partial charge in [-0.1, -0.05) is 6.92 Å². The van der Waals surface area contributed by atoms with E-state index in [4.69, 9.17) is 0 Å². The van der Waals surface area contributed by atoms with E-state index in [1.165, 1.54) is 0 Å². The summed E-state index contributed by atoms with van der Waals surface area (Å²) in [5, 5.41) is 0. The van der Waals surface area contributed by atoms with Crippen LogP contribution in [0.5, 0.6) is 0 Å². The van der Waals surface area contributed by atoms with Gasteiger partial charge in [-0.3, -0.25) is 0 Å². The average Bonchev–Trinajstić information content (AvgIpc) is 2.20. The van der Waals surface area contributed by atoms with E-state index in [9.17, 15) is 0 Å². The Morgan fingerprint density at radius 3 is 2.64 bits per heavy atom. The molecule has 0 amide bonds. The summed E-state index contributed by atoms with van der Waals surface area (Å²) in [4.78, 5) is 6.73. The smallest absolute Gasteiger partial charge is 0.128 e. The van der Waals surface area contributed by atoms with Gasteiger partial charge in [-0.15, -0.1) is 0 Å². The maximum absolute atomic E-state index is 4.52. The number of rotatable bonds is 3. The number of hydrogen-bond acceptors (Lipinski definition) is 2. The van der Waals surface area contributed by atoms with E-state index in [1.54, 1.807) is 0 Å². The molecule has 0 saturated carbocycles. The molecule has 1 atom stereocenters. The summed E-state index contributed by atoms with van der Waals surface area (Å²) in [6, 6.07) is 4.63. The van der Waals surface area contributed by atoms with Crippen molar-refractivity contribution in [2.24, 2.45) is 0 Å². The molecule has 3 heteroatoms. The maximum Gasteiger partial charge on any atom is 0.128 e. The lowest BCUT2D eigenvalue weighted by molar-refractivity contribution is 0.656. The molecule has 0 bridgehead atoms. The highest BCUT2D eigenvalue weighted by atomic mass is 79.9. The third kappa shape index (κ3) is 2.47. The third-order valence-corrected chi connectivity index (χ3v) is 3.46. The van der Waals surface area contributed by atoms with Crippen molar-refractivity contribution in [3.05, 3.63) is 22.3 Å². The molecule has 0 spiro atoms. The molecular weight excluding hydrogens is 240 g/mol. The van der Waals surface area contributed by atoms with Crippen LogP contribution < -0.4 is 4.90 Å². The molecule has 14 heavy (non-hydrogen) atoms. The first kappa shape index (κ1) is 11.5. The summed E-state index contributed by atoms with van der Waals surface area (Å²) in [7, 11) is 2.09. The Morgan fingerprint density at radius 2 is 2.14 bits per heavy atom. The van der Waals surface area contributed by atoms with Crippen LogP contribution in [0.4, 0.5) is 5.82 Å². The van der Waals surface area contributed by atoms with Crippen LogP contribution in [0.3, 0.4) is 0 Å². The number of halogens is 1. The van der Waals surface area contributed by atoms with Gasteiger partial charge in [0.05, 0.1) is 5.69 Å². The molecule has 1 aromatic rings. The van der Waals surface area contributed by atoms with Gasteiger partial charge in [-0.2, -0.15) is 0 Å². The Balaban J connectivity index is 2.91. The molecule has 1 unspecified atom stereocenters. The SMILES string of the molecule is CCC(C)N(C)c1ccc(Br)c(C)n1. The Labute approximate surface area is 94.5 Å². The van der Waals surface area contributed by atoms with Crippen molar-refractivity contribution in [1.82, 2.24) is 4.98 Å². The standard InChI is InChI=1S/C11H17BrN2/c1-5-8(2)14(4)11-7-6-10(12)9(3)13-11/h6-8H,5H2,1-4H3. The molecule has 78 valence electrons. The van der Waals surface area contributed by atoms with Crippen molar-refractivity contribution in [3.8, 4) is 0 Å². The molecule has 1 rings (SSSR count). The normalized spacial score (nSPS) is 12.6. The first-order valence-electron chi connectivity index (χ1n) is 4.92. The van der Waals surface area contributed by atoms with Gasteiger partial charge in [0.15, 0.2) is 0 Å². The van der Waals surface area contributed by atoms with E-state index in [-0.39, 0.29) is 0 Å². The molecule has 2 nitrogen and oxygen atoms in total. The number of pyridine rings is 1. The van der Waals surface area contributed by atoms with Crippen molar-refractivity contribution in [3.63, 3.8) is 0 Å². The van der Waals surface area contributed by atoms with Crippen LogP contribution in [-0.4, -0.2) is 18.1 Å². The molecule has 0 aromatic carbocycles. The molecule has 0 N–H and O–H groups in total. The summed E-state index contributed by atoms with van der Waals surface area (Å²) >= 11 is 3.45. The van der Waals surface area contributed by atoms with E-state index < -0.39 is 0 Å². The van der Waals surface area contributed by atoms with E-state index in [0.29, 0.717) is 6.04 Å². The average molecular weight is 257 g/mol. The second-order valence-corrected chi connectivity index (χ2v) is 4.46. The van der Waals surface area contributed by atoms with Gasteiger partial charge in [0.1, 0.15) is 5.82 Å². The van der Waals surface area contributed by atoms with E-state index in [1.807, 2.05) is 13.0 Å². The molecule has 1 heterocycles. The Morgan fingerprint density at radius 1 is 1.50 bits per heavy atom. The monoisotopic (exact) mass is 256 g/mol. The zero-order valence-corrected chi connectivity index (χ0v) is 10.8. The molecule has 1 aromatic heterocycles. The second-order valence-electron chi connectivity index (χ2n) is 3.60. The second kappa shape index (κ2) is 4.78. The Hall–Kier alpha value is -0.570. The first-order chi connectivity index (χ1) is 6.56. The van der Waals surface area contributed by atoms with Crippen molar-refractivity contribution in [2.75, 3.05) is 11.9 Å². The zero-order chi connectivity index (χ0) is 10.7. The van der Waals surface area contributed by atoms with Crippen molar-refractivity contribution >= 4 is 21.7 Å². The lowest BCUT2D eigenvalue weighted by Gasteiger charge is -2.25. The molecular formula is C11H17BrN2. The lowest BCUT2D eigenvalue weighted by Crippen LogP contribution is -2.28. The Kier molecular flexibility index (Phi) is 3.93. The number of nitrogens with zero attached hydrogens (tertiary/aromatic N) is 2. The van der Waals surface area contributed by atoms with E-state index in [0.717, 1.165) is 22.4 Å². The summed E-state index contributed by atoms with van der Waals surface area (Å²) in [5.41, 5.74) is 1.04. The van der Waals surface area contributed by atoms with Gasteiger partial charge in [0.25, 0.3) is 0 Å². The fourth-order valence-electron chi connectivity index (χ4n) is 1.23. The number of anilines is 1. The number of aromatic nitrogens is 1. The topological polar surface area (TPSA) is 16.1 Å². The van der Waals surface area contributed by atoms with Crippen molar-refractivity contribution in [2.45, 2.75) is 33.2 Å². The summed E-state index contributed by atoms with van der Waals surface area (Å²) in [6.45, 7) is 6.41. The largest absolute Gasteiger partial charge is 0.357 e. The molecule has 0 fully saturated rings. The molecule has 0 radical (unpaired) electrons. The van der Waals surface area contributed by atoms with Crippen LogP contribution in [0.15, 0.2) is 16.6 Å². The van der Waals surface area contributed by atoms with Crippen LogP contribution in [0.1, 0.15) is 26.0 Å². The van der Waals surface area contributed by atoms with Gasteiger partial charge in [-0.05, 0) is 48.3 Å². The van der Waals surface area contributed by atoms with Crippen LogP contribution >= 0.6 is 15.9 Å². The predicted octanol–water partition coefficient (Wildman–Crippen LogP) is 3.39. The molecule has 0 aliphatic carbocycles. The fourth-order valence-corrected chi connectivity index (χ4v) is 1.45. The summed E-state index contributed by atoms with van der Waals surface area (Å²) < 4.78 is 1.07. The van der Waals surface area contributed by atoms with Gasteiger partial charge >= 0.3 is 0 Å². The van der Waals surface area contributed by atoms with E-state index in [2.05, 4.69) is 52.8 Å². The summed E-state index contributed by atoms with van der Waals surface area (Å²) in [6.07, 6.45) is 1.13. The molecule has 0 aliphatic rings. The predicted molar refractivity (Wildman–Crippen MR) is 64.8 cm³/mol. The molecule has 0 aliphatic heterocycles. The van der Waals surface area contributed by atoms with Crippen LogP contribution in [0.2, 0.25) is 0 Å². The number of aryl methyl sites for hydroxylation is 1. The minimum Gasteiger partial charge on any atom is -0.357 e. The van der Waals surface area contributed by atoms with Crippen LogP contribution in [0, 0.1) is 6.92 Å². The maximum atomic E-state index is 4.52. The van der Waals surface area contributed by atoms with Crippen LogP contribution in [0.25, 0.3) is 0 Å². The van der Waals surface area contributed by atoms with Crippen LogP contribution in [-0.2, 0) is 0 Å². The summed E-state index contributed by atoms with van der Waals surface area (Å²) in [5.74, 6) is 1.04. The lowest BCUT2D eigenvalue weighted by atomic mass is 10.2. The Bertz CT molecular complexity index is 312. The first-order valence-corrected chi connectivity index (χ1v) is 5.71. The van der Waals surface area contributed by atoms with Gasteiger partial charge in [0.2, 0.25) is 0 Å². The van der Waals surface area contributed by atoms with E-state index >= 15 is 0 Å². The van der Waals surface area contributed by atoms with Gasteiger partial charge in [-0.25, -0.2) is 4.98 Å². The zero-order valence-electron chi connectivity index (χ0n) is 9.21. The highest BCUT2D eigenvalue weighted by Gasteiger charge is 2.09. The van der Waals surface area contributed by atoms with Crippen molar-refractivity contribution in [1.29, 1.82) is 0 Å². The number of hydrogen-bond donors (Lipinski definition) is 0. The van der Waals surface area contributed by atoms with Gasteiger partial charge in [0, 0.05) is 17.6 Å². The van der Waals surface area contributed by atoms with Crippen molar-refractivity contribution < 1.29 is 0 Å². The molecule has 0 saturated heterocycles. The minimum atomic E-state index is 0.531. The van der Waals surface area contributed by atoms with Gasteiger partial charge < -0.3 is 4.90 Å². The quantitative estimate of drug-likeness (QED) is 0.825. The highest BCUT2D eigenvalue weighted by molar-refractivity contribution is 9.10.